The molecule has 0 bridgehead atoms. The first kappa shape index (κ1) is 18.1. The number of carbonyl (C=O) groups excluding carboxylic acids is 2. The van der Waals surface area contributed by atoms with E-state index in [-0.39, 0.29) is 30.8 Å². The number of amides is 2. The third-order valence-electron chi connectivity index (χ3n) is 3.18. The molecule has 7 heteroatoms. The Kier molecular flexibility index (Phi) is 8.71. The predicted octanol–water partition coefficient (Wildman–Crippen LogP) is -0.323. The molecular formula is C12H24ClN3O3. The summed E-state index contributed by atoms with van der Waals surface area (Å²) in [5.74, 6) is -0.246. The molecule has 1 aliphatic heterocycles. The van der Waals surface area contributed by atoms with E-state index in [1.165, 1.54) is 0 Å². The molecule has 0 aromatic rings. The van der Waals surface area contributed by atoms with Crippen LogP contribution in [0.4, 0.5) is 0 Å². The van der Waals surface area contributed by atoms with Crippen LogP contribution in [0.1, 0.15) is 19.8 Å². The first-order valence-electron chi connectivity index (χ1n) is 6.33. The Bertz CT molecular complexity index is 294. The second-order valence-corrected chi connectivity index (χ2v) is 4.87. The van der Waals surface area contributed by atoms with Crippen LogP contribution in [0.25, 0.3) is 0 Å². The number of hydrogen-bond acceptors (Lipinski definition) is 4. The minimum Gasteiger partial charge on any atom is -0.383 e. The maximum absolute atomic E-state index is 12.0. The fourth-order valence-electron chi connectivity index (χ4n) is 1.98. The summed E-state index contributed by atoms with van der Waals surface area (Å²) in [4.78, 5) is 23.4. The molecule has 0 radical (unpaired) electrons. The zero-order chi connectivity index (χ0) is 13.4. The van der Waals surface area contributed by atoms with Crippen molar-refractivity contribution in [1.29, 1.82) is 0 Å². The first-order chi connectivity index (χ1) is 8.58. The van der Waals surface area contributed by atoms with Gasteiger partial charge in [0.25, 0.3) is 0 Å². The molecule has 112 valence electrons. The number of methoxy groups -OCH3 is 1. The number of rotatable bonds is 6. The van der Waals surface area contributed by atoms with Crippen molar-refractivity contribution in [2.24, 2.45) is 5.41 Å². The van der Waals surface area contributed by atoms with Gasteiger partial charge in [-0.1, -0.05) is 0 Å². The van der Waals surface area contributed by atoms with Gasteiger partial charge >= 0.3 is 0 Å². The topological polar surface area (TPSA) is 79.5 Å². The van der Waals surface area contributed by atoms with Crippen molar-refractivity contribution in [3.8, 4) is 0 Å². The highest BCUT2D eigenvalue weighted by Crippen LogP contribution is 2.25. The SMILES string of the molecule is COCCNC(=O)CNC(=O)C1(C)CCCNC1.Cl. The Morgan fingerprint density at radius 2 is 2.11 bits per heavy atom. The van der Waals surface area contributed by atoms with Crippen LogP contribution in [0.2, 0.25) is 0 Å². The van der Waals surface area contributed by atoms with Crippen LogP contribution in [-0.2, 0) is 14.3 Å². The monoisotopic (exact) mass is 293 g/mol. The van der Waals surface area contributed by atoms with E-state index in [4.69, 9.17) is 4.74 Å². The highest BCUT2D eigenvalue weighted by molar-refractivity contribution is 5.87. The fourth-order valence-corrected chi connectivity index (χ4v) is 1.98. The van der Waals surface area contributed by atoms with Gasteiger partial charge in [0, 0.05) is 20.2 Å². The van der Waals surface area contributed by atoms with Gasteiger partial charge in [0.15, 0.2) is 0 Å². The van der Waals surface area contributed by atoms with Crippen molar-refractivity contribution in [3.05, 3.63) is 0 Å². The number of halogens is 1. The van der Waals surface area contributed by atoms with E-state index >= 15 is 0 Å². The summed E-state index contributed by atoms with van der Waals surface area (Å²) < 4.78 is 4.82. The van der Waals surface area contributed by atoms with Crippen LogP contribution in [0.15, 0.2) is 0 Å². The fraction of sp³-hybridized carbons (Fsp3) is 0.833. The number of hydrogen-bond donors (Lipinski definition) is 3. The lowest BCUT2D eigenvalue weighted by molar-refractivity contribution is -0.133. The molecule has 0 aliphatic carbocycles. The van der Waals surface area contributed by atoms with E-state index in [1.54, 1.807) is 7.11 Å². The van der Waals surface area contributed by atoms with Gasteiger partial charge in [-0.25, -0.2) is 0 Å². The maximum Gasteiger partial charge on any atom is 0.239 e. The van der Waals surface area contributed by atoms with Crippen LogP contribution >= 0.6 is 12.4 Å². The third-order valence-corrected chi connectivity index (χ3v) is 3.18. The summed E-state index contributed by atoms with van der Waals surface area (Å²) in [5, 5.41) is 8.56. The zero-order valence-electron chi connectivity index (χ0n) is 11.6. The average molecular weight is 294 g/mol. The second-order valence-electron chi connectivity index (χ2n) is 4.87. The molecule has 0 saturated carbocycles. The lowest BCUT2D eigenvalue weighted by atomic mass is 9.82. The van der Waals surface area contributed by atoms with Crippen LogP contribution in [0, 0.1) is 5.41 Å². The molecule has 1 aliphatic rings. The summed E-state index contributed by atoms with van der Waals surface area (Å²) in [7, 11) is 1.57. The van der Waals surface area contributed by atoms with Gasteiger partial charge < -0.3 is 20.7 Å². The quantitative estimate of drug-likeness (QED) is 0.586. The standard InChI is InChI=1S/C12H23N3O3.ClH/c1-12(4-3-5-13-9-12)11(17)15-8-10(16)14-6-7-18-2;/h13H,3-9H2,1-2H3,(H,14,16)(H,15,17);1H. The van der Waals surface area contributed by atoms with Gasteiger partial charge in [0.1, 0.15) is 0 Å². The molecule has 1 rings (SSSR count). The second kappa shape index (κ2) is 9.12. The highest BCUT2D eigenvalue weighted by Gasteiger charge is 2.34. The van der Waals surface area contributed by atoms with E-state index in [1.807, 2.05) is 6.92 Å². The Morgan fingerprint density at radius 3 is 2.68 bits per heavy atom. The minimum absolute atomic E-state index is 0. The van der Waals surface area contributed by atoms with Gasteiger partial charge in [0.05, 0.1) is 18.6 Å². The first-order valence-corrected chi connectivity index (χ1v) is 6.33. The molecule has 6 nitrogen and oxygen atoms in total. The molecule has 1 atom stereocenters. The molecule has 19 heavy (non-hydrogen) atoms. The summed E-state index contributed by atoms with van der Waals surface area (Å²) >= 11 is 0. The van der Waals surface area contributed by atoms with E-state index in [2.05, 4.69) is 16.0 Å². The molecular weight excluding hydrogens is 270 g/mol. The zero-order valence-corrected chi connectivity index (χ0v) is 12.4. The normalized spacial score (nSPS) is 22.2. The van der Waals surface area contributed by atoms with Gasteiger partial charge in [0.2, 0.25) is 11.8 Å². The molecule has 0 aromatic heterocycles. The number of nitrogens with one attached hydrogen (secondary N) is 3. The third kappa shape index (κ3) is 6.22. The van der Waals surface area contributed by atoms with Crippen LogP contribution in [0.5, 0.6) is 0 Å². The van der Waals surface area contributed by atoms with Crippen molar-refractivity contribution < 1.29 is 14.3 Å². The average Bonchev–Trinajstić information content (AvgIpc) is 2.37. The van der Waals surface area contributed by atoms with Crippen LogP contribution in [0.3, 0.4) is 0 Å². The molecule has 0 spiro atoms. The van der Waals surface area contributed by atoms with Gasteiger partial charge in [-0.2, -0.15) is 0 Å². The number of carbonyl (C=O) groups is 2. The van der Waals surface area contributed by atoms with Gasteiger partial charge in [-0.15, -0.1) is 12.4 Å². The smallest absolute Gasteiger partial charge is 0.239 e. The van der Waals surface area contributed by atoms with E-state index in [9.17, 15) is 9.59 Å². The van der Waals surface area contributed by atoms with Crippen molar-refractivity contribution in [1.82, 2.24) is 16.0 Å². The lowest BCUT2D eigenvalue weighted by Gasteiger charge is -2.32. The highest BCUT2D eigenvalue weighted by atomic mass is 35.5. The molecule has 0 aromatic carbocycles. The largest absolute Gasteiger partial charge is 0.383 e. The van der Waals surface area contributed by atoms with Crippen molar-refractivity contribution in [2.75, 3.05) is 39.9 Å². The molecule has 1 unspecified atom stereocenters. The maximum atomic E-state index is 12.0. The van der Waals surface area contributed by atoms with Gasteiger partial charge in [-0.3, -0.25) is 9.59 Å². The summed E-state index contributed by atoms with van der Waals surface area (Å²) in [6.07, 6.45) is 1.85. The molecule has 1 saturated heterocycles. The summed E-state index contributed by atoms with van der Waals surface area (Å²) in [6, 6.07) is 0. The van der Waals surface area contributed by atoms with E-state index in [0.717, 1.165) is 19.4 Å². The Balaban J connectivity index is 0.00000324. The Morgan fingerprint density at radius 1 is 1.37 bits per heavy atom. The predicted molar refractivity (Wildman–Crippen MR) is 75.4 cm³/mol. The van der Waals surface area contributed by atoms with Crippen LogP contribution in [-0.4, -0.2) is 51.7 Å². The van der Waals surface area contributed by atoms with Crippen molar-refractivity contribution in [3.63, 3.8) is 0 Å². The Labute approximate surface area is 120 Å². The minimum atomic E-state index is -0.398. The molecule has 1 heterocycles. The summed E-state index contributed by atoms with van der Waals surface area (Å²) in [5.41, 5.74) is -0.398. The van der Waals surface area contributed by atoms with E-state index < -0.39 is 5.41 Å². The molecule has 3 N–H and O–H groups in total. The number of piperidine rings is 1. The number of ether oxygens (including phenoxy) is 1. The van der Waals surface area contributed by atoms with Gasteiger partial charge in [-0.05, 0) is 26.3 Å². The molecule has 1 fully saturated rings. The van der Waals surface area contributed by atoms with Crippen molar-refractivity contribution in [2.45, 2.75) is 19.8 Å². The van der Waals surface area contributed by atoms with E-state index in [0.29, 0.717) is 19.7 Å². The van der Waals surface area contributed by atoms with Crippen LogP contribution < -0.4 is 16.0 Å². The molecule has 2 amide bonds. The van der Waals surface area contributed by atoms with Crippen molar-refractivity contribution >= 4 is 24.2 Å². The Hall–Kier alpha value is -0.850. The lowest BCUT2D eigenvalue weighted by Crippen LogP contribution is -2.50. The summed E-state index contributed by atoms with van der Waals surface area (Å²) in [6.45, 7) is 4.52.